The Hall–Kier alpha value is -2.59. The summed E-state index contributed by atoms with van der Waals surface area (Å²) < 4.78 is 27.6. The van der Waals surface area contributed by atoms with Gasteiger partial charge in [-0.3, -0.25) is 0 Å². The molecule has 0 saturated heterocycles. The third kappa shape index (κ3) is 1.77. The van der Waals surface area contributed by atoms with Crippen LogP contribution < -0.4 is 0 Å². The number of rotatable bonds is 2. The van der Waals surface area contributed by atoms with Gasteiger partial charge in [0.25, 0.3) is 10.0 Å². The second-order valence-electron chi connectivity index (χ2n) is 5.12. The van der Waals surface area contributed by atoms with Gasteiger partial charge in [0.2, 0.25) is 0 Å². The molecule has 1 aromatic heterocycles. The highest BCUT2D eigenvalue weighted by molar-refractivity contribution is 7.90. The molecule has 0 fully saturated rings. The lowest BCUT2D eigenvalue weighted by Crippen LogP contribution is -2.12. The summed E-state index contributed by atoms with van der Waals surface area (Å²) in [5.41, 5.74) is 1.40. The Morgan fingerprint density at radius 1 is 0.591 bits per heavy atom. The fraction of sp³-hybridized carbons (Fsp3) is 0. The van der Waals surface area contributed by atoms with Crippen LogP contribution >= 0.6 is 0 Å². The summed E-state index contributed by atoms with van der Waals surface area (Å²) in [6, 6.07) is 23.7. The lowest BCUT2D eigenvalue weighted by molar-refractivity contribution is 0.590. The summed E-state index contributed by atoms with van der Waals surface area (Å²) in [6.45, 7) is 0. The molecule has 3 aromatic carbocycles. The molecule has 22 heavy (non-hydrogen) atoms. The van der Waals surface area contributed by atoms with Crippen LogP contribution in [0.15, 0.2) is 83.8 Å². The van der Waals surface area contributed by atoms with Gasteiger partial charge in [-0.15, -0.1) is 0 Å². The smallest absolute Gasteiger partial charge is 0.233 e. The number of hydrogen-bond acceptors (Lipinski definition) is 2. The maximum atomic E-state index is 13.1. The number of nitrogens with zero attached hydrogens (tertiary/aromatic N) is 1. The summed E-state index contributed by atoms with van der Waals surface area (Å²) in [6.07, 6.45) is 0. The van der Waals surface area contributed by atoms with Crippen LogP contribution in [0.5, 0.6) is 0 Å². The molecule has 4 rings (SSSR count). The zero-order valence-electron chi connectivity index (χ0n) is 11.7. The maximum Gasteiger partial charge on any atom is 0.268 e. The van der Waals surface area contributed by atoms with E-state index in [9.17, 15) is 8.42 Å². The summed E-state index contributed by atoms with van der Waals surface area (Å²) in [5.74, 6) is 0. The molecule has 0 saturated carbocycles. The molecule has 0 atom stereocenters. The quantitative estimate of drug-likeness (QED) is 0.561. The van der Waals surface area contributed by atoms with Gasteiger partial charge in [0.1, 0.15) is 0 Å². The second kappa shape index (κ2) is 4.71. The van der Waals surface area contributed by atoms with Crippen molar-refractivity contribution in [3.05, 3.63) is 78.9 Å². The van der Waals surface area contributed by atoms with Crippen molar-refractivity contribution in [3.8, 4) is 0 Å². The van der Waals surface area contributed by atoms with Gasteiger partial charge in [-0.05, 0) is 24.3 Å². The van der Waals surface area contributed by atoms with Crippen molar-refractivity contribution in [2.45, 2.75) is 4.90 Å². The van der Waals surface area contributed by atoms with Gasteiger partial charge in [-0.2, -0.15) is 0 Å². The predicted molar refractivity (Wildman–Crippen MR) is 88.5 cm³/mol. The topological polar surface area (TPSA) is 39.1 Å². The third-order valence-corrected chi connectivity index (χ3v) is 5.56. The highest BCUT2D eigenvalue weighted by Crippen LogP contribution is 2.31. The summed E-state index contributed by atoms with van der Waals surface area (Å²) >= 11 is 0. The van der Waals surface area contributed by atoms with E-state index in [1.165, 1.54) is 3.97 Å². The molecule has 0 bridgehead atoms. The molecule has 0 N–H and O–H groups in total. The lowest BCUT2D eigenvalue weighted by atomic mass is 10.2. The monoisotopic (exact) mass is 307 g/mol. The Bertz CT molecular complexity index is 1030. The molecule has 0 aliphatic heterocycles. The maximum absolute atomic E-state index is 13.1. The highest BCUT2D eigenvalue weighted by atomic mass is 32.2. The van der Waals surface area contributed by atoms with Crippen LogP contribution in [0, 0.1) is 0 Å². The van der Waals surface area contributed by atoms with Crippen LogP contribution in [0.25, 0.3) is 21.8 Å². The zero-order valence-corrected chi connectivity index (χ0v) is 12.5. The Morgan fingerprint density at radius 3 is 1.59 bits per heavy atom. The minimum absolute atomic E-state index is 0.293. The van der Waals surface area contributed by atoms with Crippen molar-refractivity contribution < 1.29 is 8.42 Å². The lowest BCUT2D eigenvalue weighted by Gasteiger charge is -2.09. The molecule has 0 amide bonds. The minimum Gasteiger partial charge on any atom is -0.233 e. The molecular formula is C18H13NO2S. The Kier molecular flexibility index (Phi) is 2.81. The van der Waals surface area contributed by atoms with Crippen molar-refractivity contribution in [2.75, 3.05) is 0 Å². The van der Waals surface area contributed by atoms with E-state index >= 15 is 0 Å². The van der Waals surface area contributed by atoms with E-state index in [2.05, 4.69) is 0 Å². The van der Waals surface area contributed by atoms with Gasteiger partial charge in [0.15, 0.2) is 0 Å². The molecule has 0 aliphatic carbocycles. The van der Waals surface area contributed by atoms with Crippen LogP contribution in [-0.4, -0.2) is 12.4 Å². The standard InChI is InChI=1S/C18H13NO2S/c20-22(21,14-8-2-1-3-9-14)19-17-12-6-4-10-15(17)16-11-5-7-13-18(16)19/h1-13H. The Morgan fingerprint density at radius 2 is 1.05 bits per heavy atom. The molecule has 1 heterocycles. The Labute approximate surface area is 128 Å². The fourth-order valence-corrected chi connectivity index (χ4v) is 4.39. The van der Waals surface area contributed by atoms with Crippen molar-refractivity contribution in [3.63, 3.8) is 0 Å². The van der Waals surface area contributed by atoms with E-state index in [-0.39, 0.29) is 0 Å². The van der Waals surface area contributed by atoms with Gasteiger partial charge in [-0.25, -0.2) is 12.4 Å². The van der Waals surface area contributed by atoms with Gasteiger partial charge < -0.3 is 0 Å². The molecular weight excluding hydrogens is 294 g/mol. The largest absolute Gasteiger partial charge is 0.268 e. The van der Waals surface area contributed by atoms with Crippen LogP contribution in [0.2, 0.25) is 0 Å². The van der Waals surface area contributed by atoms with E-state index < -0.39 is 10.0 Å². The molecule has 108 valence electrons. The number of benzene rings is 3. The normalized spacial score (nSPS) is 12.0. The van der Waals surface area contributed by atoms with Gasteiger partial charge in [0.05, 0.1) is 15.9 Å². The average Bonchev–Trinajstić information content (AvgIpc) is 2.91. The fourth-order valence-electron chi connectivity index (χ4n) is 2.84. The minimum atomic E-state index is -3.63. The van der Waals surface area contributed by atoms with Crippen LogP contribution in [0.4, 0.5) is 0 Å². The third-order valence-electron chi connectivity index (χ3n) is 3.82. The highest BCUT2D eigenvalue weighted by Gasteiger charge is 2.22. The van der Waals surface area contributed by atoms with E-state index in [0.717, 1.165) is 10.8 Å². The van der Waals surface area contributed by atoms with E-state index in [1.807, 2.05) is 54.6 Å². The summed E-state index contributed by atoms with van der Waals surface area (Å²) in [5, 5.41) is 1.88. The molecule has 4 aromatic rings. The van der Waals surface area contributed by atoms with Crippen molar-refractivity contribution >= 4 is 31.8 Å². The molecule has 4 heteroatoms. The first-order valence-electron chi connectivity index (χ1n) is 6.98. The van der Waals surface area contributed by atoms with Gasteiger partial charge >= 0.3 is 0 Å². The number of fused-ring (bicyclic) bond motifs is 3. The van der Waals surface area contributed by atoms with Crippen molar-refractivity contribution in [1.29, 1.82) is 0 Å². The Balaban J connectivity index is 2.18. The van der Waals surface area contributed by atoms with Crippen LogP contribution in [0.1, 0.15) is 0 Å². The SMILES string of the molecule is O=S(=O)(c1ccccc1)n1c2ccccc2c2ccccc21. The first-order chi connectivity index (χ1) is 10.7. The van der Waals surface area contributed by atoms with Crippen LogP contribution in [0.3, 0.4) is 0 Å². The van der Waals surface area contributed by atoms with E-state index in [4.69, 9.17) is 0 Å². The van der Waals surface area contributed by atoms with Crippen molar-refractivity contribution in [1.82, 2.24) is 3.97 Å². The molecule has 0 spiro atoms. The van der Waals surface area contributed by atoms with E-state index in [0.29, 0.717) is 15.9 Å². The molecule has 0 unspecified atom stereocenters. The second-order valence-corrected chi connectivity index (χ2v) is 6.90. The number of para-hydroxylation sites is 2. The number of hydrogen-bond donors (Lipinski definition) is 0. The first kappa shape index (κ1) is 13.1. The van der Waals surface area contributed by atoms with E-state index in [1.54, 1.807) is 24.3 Å². The van der Waals surface area contributed by atoms with Gasteiger partial charge in [-0.1, -0.05) is 54.6 Å². The predicted octanol–water partition coefficient (Wildman–Crippen LogP) is 4.03. The van der Waals surface area contributed by atoms with Crippen LogP contribution in [-0.2, 0) is 10.0 Å². The summed E-state index contributed by atoms with van der Waals surface area (Å²) in [4.78, 5) is 0.293. The van der Waals surface area contributed by atoms with Crippen molar-refractivity contribution in [2.24, 2.45) is 0 Å². The van der Waals surface area contributed by atoms with Gasteiger partial charge in [0, 0.05) is 10.8 Å². The zero-order chi connectivity index (χ0) is 15.2. The first-order valence-corrected chi connectivity index (χ1v) is 8.42. The molecule has 0 aliphatic rings. The average molecular weight is 307 g/mol. The molecule has 3 nitrogen and oxygen atoms in total. The number of aromatic nitrogens is 1. The molecule has 0 radical (unpaired) electrons. The summed E-state index contributed by atoms with van der Waals surface area (Å²) in [7, 11) is -3.63.